The zero-order valence-electron chi connectivity index (χ0n) is 8.89. The Hall–Kier alpha value is -1.63. The van der Waals surface area contributed by atoms with Gasteiger partial charge in [0.15, 0.2) is 0 Å². The highest BCUT2D eigenvalue weighted by Crippen LogP contribution is 2.35. The lowest BCUT2D eigenvalue weighted by atomic mass is 10.1. The average Bonchev–Trinajstić information content (AvgIpc) is 2.61. The molecule has 7 heteroatoms. The van der Waals surface area contributed by atoms with Gasteiger partial charge in [-0.05, 0) is 15.9 Å². The van der Waals surface area contributed by atoms with Crippen LogP contribution in [0.5, 0.6) is 0 Å². The number of pyridine rings is 1. The molecule has 0 saturated carbocycles. The number of hydrogen-bond acceptors (Lipinski definition) is 4. The van der Waals surface area contributed by atoms with Crippen LogP contribution in [-0.2, 0) is 9.59 Å². The molecule has 2 amide bonds. The van der Waals surface area contributed by atoms with Gasteiger partial charge < -0.3 is 16.4 Å². The van der Waals surface area contributed by atoms with Crippen LogP contribution >= 0.6 is 15.9 Å². The van der Waals surface area contributed by atoms with Crippen LogP contribution in [0.2, 0.25) is 0 Å². The maximum absolute atomic E-state index is 11.8. The molecule has 1 fully saturated rings. The first-order valence-electron chi connectivity index (χ1n) is 4.99. The summed E-state index contributed by atoms with van der Waals surface area (Å²) in [6.07, 6.45) is 3.14. The third kappa shape index (κ3) is 2.10. The van der Waals surface area contributed by atoms with Crippen molar-refractivity contribution in [3.05, 3.63) is 16.9 Å². The molecule has 1 aromatic rings. The van der Waals surface area contributed by atoms with Gasteiger partial charge >= 0.3 is 0 Å². The molecule has 6 nitrogen and oxygen atoms in total. The number of aromatic nitrogens is 1. The molecule has 0 aliphatic carbocycles. The fraction of sp³-hybridized carbons (Fsp3) is 0.300. The fourth-order valence-electron chi connectivity index (χ4n) is 1.84. The summed E-state index contributed by atoms with van der Waals surface area (Å²) in [7, 11) is 0. The summed E-state index contributed by atoms with van der Waals surface area (Å²) in [5.41, 5.74) is 11.9. The van der Waals surface area contributed by atoms with E-state index < -0.39 is 11.8 Å². The van der Waals surface area contributed by atoms with Crippen molar-refractivity contribution in [2.75, 3.05) is 17.2 Å². The fourth-order valence-corrected chi connectivity index (χ4v) is 2.40. The molecule has 1 saturated heterocycles. The molecule has 2 heterocycles. The maximum Gasteiger partial charge on any atom is 0.227 e. The standard InChI is InChI=1S/C10H11BrN4O2/c11-6-2-14-3-7(12)9(6)15-4-5(10(13)17)1-8(15)16/h2-3,5H,1,4,12H2,(H2,13,17). The summed E-state index contributed by atoms with van der Waals surface area (Å²) in [6, 6.07) is 0. The van der Waals surface area contributed by atoms with E-state index in [2.05, 4.69) is 20.9 Å². The molecular formula is C10H11BrN4O2. The van der Waals surface area contributed by atoms with Crippen molar-refractivity contribution < 1.29 is 9.59 Å². The number of carbonyl (C=O) groups is 2. The van der Waals surface area contributed by atoms with Crippen molar-refractivity contribution in [1.82, 2.24) is 4.98 Å². The zero-order chi connectivity index (χ0) is 12.6. The van der Waals surface area contributed by atoms with E-state index in [4.69, 9.17) is 11.5 Å². The van der Waals surface area contributed by atoms with Gasteiger partial charge in [0.1, 0.15) is 0 Å². The summed E-state index contributed by atoms with van der Waals surface area (Å²) in [4.78, 5) is 28.3. The Balaban J connectivity index is 2.35. The number of rotatable bonds is 2. The third-order valence-corrected chi connectivity index (χ3v) is 3.28. The molecule has 1 aliphatic rings. The summed E-state index contributed by atoms with van der Waals surface area (Å²) < 4.78 is 0.621. The normalized spacial score (nSPS) is 19.7. The smallest absolute Gasteiger partial charge is 0.227 e. The van der Waals surface area contributed by atoms with Crippen molar-refractivity contribution in [3.63, 3.8) is 0 Å². The van der Waals surface area contributed by atoms with Crippen molar-refractivity contribution in [2.45, 2.75) is 6.42 Å². The van der Waals surface area contributed by atoms with Gasteiger partial charge in [-0.25, -0.2) is 0 Å². The van der Waals surface area contributed by atoms with Crippen LogP contribution in [0.25, 0.3) is 0 Å². The Bertz CT molecular complexity index is 471. The van der Waals surface area contributed by atoms with Crippen LogP contribution in [0.1, 0.15) is 6.42 Å². The van der Waals surface area contributed by atoms with Gasteiger partial charge in [0.25, 0.3) is 0 Å². The monoisotopic (exact) mass is 298 g/mol. The van der Waals surface area contributed by atoms with E-state index in [1.807, 2.05) is 0 Å². The second-order valence-corrected chi connectivity index (χ2v) is 4.72. The number of nitrogens with two attached hydrogens (primary N) is 2. The summed E-state index contributed by atoms with van der Waals surface area (Å²) in [6.45, 7) is 0.265. The highest BCUT2D eigenvalue weighted by molar-refractivity contribution is 9.10. The first kappa shape index (κ1) is 11.8. The van der Waals surface area contributed by atoms with Gasteiger partial charge in [-0.2, -0.15) is 0 Å². The summed E-state index contributed by atoms with van der Waals surface area (Å²) >= 11 is 3.29. The lowest BCUT2D eigenvalue weighted by Gasteiger charge is -2.19. The zero-order valence-corrected chi connectivity index (χ0v) is 10.5. The quantitative estimate of drug-likeness (QED) is 0.818. The second-order valence-electron chi connectivity index (χ2n) is 3.87. The van der Waals surface area contributed by atoms with Gasteiger partial charge in [0.2, 0.25) is 11.8 Å². The number of amides is 2. The van der Waals surface area contributed by atoms with Gasteiger partial charge in [-0.3, -0.25) is 14.6 Å². The molecule has 4 N–H and O–H groups in total. The molecule has 1 unspecified atom stereocenters. The highest BCUT2D eigenvalue weighted by Gasteiger charge is 2.35. The second kappa shape index (κ2) is 4.33. The van der Waals surface area contributed by atoms with Crippen molar-refractivity contribution in [2.24, 2.45) is 11.7 Å². The number of nitrogen functional groups attached to an aromatic ring is 1. The molecule has 1 aromatic heterocycles. The Labute approximate surface area is 106 Å². The number of halogens is 1. The minimum absolute atomic E-state index is 0.129. The van der Waals surface area contributed by atoms with Crippen LogP contribution in [0.3, 0.4) is 0 Å². The molecular weight excluding hydrogens is 288 g/mol. The lowest BCUT2D eigenvalue weighted by Crippen LogP contribution is -2.29. The van der Waals surface area contributed by atoms with Gasteiger partial charge in [-0.1, -0.05) is 0 Å². The van der Waals surface area contributed by atoms with Gasteiger partial charge in [0, 0.05) is 19.2 Å². The van der Waals surface area contributed by atoms with Crippen LogP contribution in [0, 0.1) is 5.92 Å². The van der Waals surface area contributed by atoms with E-state index >= 15 is 0 Å². The van der Waals surface area contributed by atoms with E-state index in [0.717, 1.165) is 0 Å². The predicted molar refractivity (Wildman–Crippen MR) is 66.0 cm³/mol. The van der Waals surface area contributed by atoms with Crippen LogP contribution < -0.4 is 16.4 Å². The molecule has 0 spiro atoms. The highest BCUT2D eigenvalue weighted by atomic mass is 79.9. The summed E-state index contributed by atoms with van der Waals surface area (Å²) in [5, 5.41) is 0. The Morgan fingerprint density at radius 1 is 1.53 bits per heavy atom. The van der Waals surface area contributed by atoms with Crippen LogP contribution in [0.15, 0.2) is 16.9 Å². The van der Waals surface area contributed by atoms with Crippen molar-refractivity contribution >= 4 is 39.1 Å². The summed E-state index contributed by atoms with van der Waals surface area (Å²) in [5.74, 6) is -1.08. The molecule has 2 rings (SSSR count). The lowest BCUT2D eigenvalue weighted by molar-refractivity contribution is -0.123. The first-order valence-corrected chi connectivity index (χ1v) is 5.78. The molecule has 0 bridgehead atoms. The topological polar surface area (TPSA) is 102 Å². The van der Waals surface area contributed by atoms with Crippen LogP contribution in [0.4, 0.5) is 11.4 Å². The van der Waals surface area contributed by atoms with E-state index in [-0.39, 0.29) is 18.9 Å². The minimum Gasteiger partial charge on any atom is -0.396 e. The Kier molecular flexibility index (Phi) is 3.01. The number of primary amides is 1. The molecule has 90 valence electrons. The number of hydrogen-bond donors (Lipinski definition) is 2. The largest absolute Gasteiger partial charge is 0.396 e. The Morgan fingerprint density at radius 3 is 2.76 bits per heavy atom. The van der Waals surface area contributed by atoms with Crippen molar-refractivity contribution in [1.29, 1.82) is 0 Å². The van der Waals surface area contributed by atoms with E-state index in [1.54, 1.807) is 6.20 Å². The minimum atomic E-state index is -0.468. The number of nitrogens with zero attached hydrogens (tertiary/aromatic N) is 2. The predicted octanol–water partition coefficient (Wildman–Crippen LogP) is 0.264. The first-order chi connectivity index (χ1) is 8.00. The molecule has 0 radical (unpaired) electrons. The number of anilines is 2. The van der Waals surface area contributed by atoms with Crippen LogP contribution in [-0.4, -0.2) is 23.3 Å². The molecule has 1 aliphatic heterocycles. The molecule has 17 heavy (non-hydrogen) atoms. The average molecular weight is 299 g/mol. The van der Waals surface area contributed by atoms with Crippen molar-refractivity contribution in [3.8, 4) is 0 Å². The van der Waals surface area contributed by atoms with Gasteiger partial charge in [0.05, 0.1) is 28.0 Å². The molecule has 1 atom stereocenters. The van der Waals surface area contributed by atoms with E-state index in [1.165, 1.54) is 11.1 Å². The van der Waals surface area contributed by atoms with E-state index in [9.17, 15) is 9.59 Å². The van der Waals surface area contributed by atoms with E-state index in [0.29, 0.717) is 15.8 Å². The van der Waals surface area contributed by atoms with Gasteiger partial charge in [-0.15, -0.1) is 0 Å². The Morgan fingerprint density at radius 2 is 2.24 bits per heavy atom. The molecule has 0 aromatic carbocycles. The SMILES string of the molecule is NC(=O)C1CC(=O)N(c2c(N)cncc2Br)C1. The number of carbonyl (C=O) groups excluding carboxylic acids is 2. The maximum atomic E-state index is 11.8. The third-order valence-electron chi connectivity index (χ3n) is 2.70.